The van der Waals surface area contributed by atoms with Crippen molar-refractivity contribution in [2.24, 2.45) is 11.8 Å². The average molecular weight is 332 g/mol. The summed E-state index contributed by atoms with van der Waals surface area (Å²) in [6, 6.07) is 8.92. The first-order chi connectivity index (χ1) is 11.4. The number of hydroxylamine groups is 2. The van der Waals surface area contributed by atoms with Crippen molar-refractivity contribution in [1.82, 2.24) is 9.96 Å². The van der Waals surface area contributed by atoms with Crippen LogP contribution in [0.3, 0.4) is 0 Å². The molecule has 0 amide bonds. The molecule has 0 spiro atoms. The Bertz CT molecular complexity index is 559. The second-order valence-corrected chi connectivity index (χ2v) is 6.84. The zero-order valence-corrected chi connectivity index (χ0v) is 15.1. The van der Waals surface area contributed by atoms with E-state index in [9.17, 15) is 9.59 Å². The predicted molar refractivity (Wildman–Crippen MR) is 93.5 cm³/mol. The molecule has 0 bridgehead atoms. The molecule has 24 heavy (non-hydrogen) atoms. The summed E-state index contributed by atoms with van der Waals surface area (Å²) in [6.07, 6.45) is 1.21. The first kappa shape index (κ1) is 18.6. The Hall–Kier alpha value is -1.72. The fourth-order valence-corrected chi connectivity index (χ4v) is 3.64. The van der Waals surface area contributed by atoms with Gasteiger partial charge >= 0.3 is 5.97 Å². The minimum absolute atomic E-state index is 0.0612. The summed E-state index contributed by atoms with van der Waals surface area (Å²) in [5.41, 5.74) is 0.530. The van der Waals surface area contributed by atoms with E-state index in [-0.39, 0.29) is 29.6 Å². The summed E-state index contributed by atoms with van der Waals surface area (Å²) in [4.78, 5) is 32.6. The molecular weight excluding hydrogens is 304 g/mol. The van der Waals surface area contributed by atoms with E-state index in [0.29, 0.717) is 18.5 Å². The summed E-state index contributed by atoms with van der Waals surface area (Å²) in [7, 11) is 4.02. The standard InChI is InChI=1S/C19H28N2O3/c1-5-16-18(14(2)13-20(3)4)17(22)11-12-21(16)24-19(23)15-9-7-6-8-10-15/h6-10,14,16,18H,5,11-13H2,1-4H3. The van der Waals surface area contributed by atoms with Crippen LogP contribution in [0.25, 0.3) is 0 Å². The SMILES string of the molecule is CCC1C(C(C)CN(C)C)C(=O)CCN1OC(=O)c1ccccc1. The van der Waals surface area contributed by atoms with E-state index in [1.165, 1.54) is 0 Å². The van der Waals surface area contributed by atoms with Gasteiger partial charge in [-0.05, 0) is 38.6 Å². The maximum absolute atomic E-state index is 12.5. The van der Waals surface area contributed by atoms with Crippen LogP contribution < -0.4 is 0 Å². The number of Topliss-reactive ketones (excluding diaryl/α,β-unsaturated/α-hetero) is 1. The van der Waals surface area contributed by atoms with Gasteiger partial charge in [-0.15, -0.1) is 5.06 Å². The maximum Gasteiger partial charge on any atom is 0.357 e. The number of piperidine rings is 1. The molecule has 5 nitrogen and oxygen atoms in total. The molecule has 0 radical (unpaired) electrons. The van der Waals surface area contributed by atoms with Crippen LogP contribution in [-0.2, 0) is 9.63 Å². The molecule has 1 aromatic rings. The lowest BCUT2D eigenvalue weighted by atomic mass is 9.78. The number of nitrogens with zero attached hydrogens (tertiary/aromatic N) is 2. The molecule has 0 saturated carbocycles. The van der Waals surface area contributed by atoms with E-state index in [4.69, 9.17) is 4.84 Å². The highest BCUT2D eigenvalue weighted by molar-refractivity contribution is 5.89. The van der Waals surface area contributed by atoms with Crippen LogP contribution in [0.1, 0.15) is 37.0 Å². The van der Waals surface area contributed by atoms with Crippen molar-refractivity contribution in [2.45, 2.75) is 32.7 Å². The minimum Gasteiger partial charge on any atom is -0.364 e. The van der Waals surface area contributed by atoms with Crippen molar-refractivity contribution in [3.63, 3.8) is 0 Å². The summed E-state index contributed by atoms with van der Waals surface area (Å²) >= 11 is 0. The third-order valence-electron chi connectivity index (χ3n) is 4.63. The Morgan fingerprint density at radius 2 is 2.00 bits per heavy atom. The van der Waals surface area contributed by atoms with Crippen molar-refractivity contribution in [2.75, 3.05) is 27.2 Å². The van der Waals surface area contributed by atoms with Crippen molar-refractivity contribution in [3.8, 4) is 0 Å². The highest BCUT2D eigenvalue weighted by Gasteiger charge is 2.41. The normalized spacial score (nSPS) is 23.3. The van der Waals surface area contributed by atoms with Crippen LogP contribution in [0.15, 0.2) is 30.3 Å². The van der Waals surface area contributed by atoms with Crippen LogP contribution in [-0.4, -0.2) is 54.9 Å². The Labute approximate surface area is 144 Å². The molecule has 1 saturated heterocycles. The van der Waals surface area contributed by atoms with Gasteiger partial charge < -0.3 is 9.74 Å². The van der Waals surface area contributed by atoms with Gasteiger partial charge in [0.05, 0.1) is 11.6 Å². The summed E-state index contributed by atoms with van der Waals surface area (Å²) in [5.74, 6) is 0.0380. The van der Waals surface area contributed by atoms with Gasteiger partial charge in [-0.2, -0.15) is 0 Å². The van der Waals surface area contributed by atoms with Gasteiger partial charge in [-0.3, -0.25) is 4.79 Å². The van der Waals surface area contributed by atoms with E-state index in [2.05, 4.69) is 11.8 Å². The zero-order valence-electron chi connectivity index (χ0n) is 15.1. The van der Waals surface area contributed by atoms with Gasteiger partial charge in [0.25, 0.3) is 0 Å². The van der Waals surface area contributed by atoms with Crippen LogP contribution in [0, 0.1) is 11.8 Å². The third kappa shape index (κ3) is 4.42. The van der Waals surface area contributed by atoms with E-state index in [1.54, 1.807) is 17.2 Å². The van der Waals surface area contributed by atoms with Crippen molar-refractivity contribution < 1.29 is 14.4 Å². The highest BCUT2D eigenvalue weighted by atomic mass is 16.7. The molecule has 1 aromatic carbocycles. The van der Waals surface area contributed by atoms with Crippen LogP contribution in [0.2, 0.25) is 0 Å². The second kappa shape index (κ2) is 8.40. The molecule has 1 aliphatic heterocycles. The van der Waals surface area contributed by atoms with E-state index in [0.717, 1.165) is 13.0 Å². The lowest BCUT2D eigenvalue weighted by molar-refractivity contribution is -0.178. The smallest absolute Gasteiger partial charge is 0.357 e. The largest absolute Gasteiger partial charge is 0.364 e. The molecule has 1 aliphatic rings. The molecule has 3 atom stereocenters. The Morgan fingerprint density at radius 1 is 1.33 bits per heavy atom. The molecule has 0 aromatic heterocycles. The topological polar surface area (TPSA) is 49.9 Å². The molecule has 1 fully saturated rings. The van der Waals surface area contributed by atoms with Gasteiger partial charge in [0.1, 0.15) is 5.78 Å². The average Bonchev–Trinajstić information content (AvgIpc) is 2.56. The molecular formula is C19H28N2O3. The van der Waals surface area contributed by atoms with Crippen LogP contribution in [0.4, 0.5) is 0 Å². The van der Waals surface area contributed by atoms with Gasteiger partial charge in [-0.1, -0.05) is 32.0 Å². The van der Waals surface area contributed by atoms with Gasteiger partial charge in [0, 0.05) is 25.4 Å². The Kier molecular flexibility index (Phi) is 6.52. The quantitative estimate of drug-likeness (QED) is 0.801. The molecule has 3 unspecified atom stereocenters. The monoisotopic (exact) mass is 332 g/mol. The molecule has 0 aliphatic carbocycles. The minimum atomic E-state index is -0.359. The first-order valence-corrected chi connectivity index (χ1v) is 8.65. The number of rotatable bonds is 6. The van der Waals surface area contributed by atoms with Crippen molar-refractivity contribution in [1.29, 1.82) is 0 Å². The van der Waals surface area contributed by atoms with E-state index >= 15 is 0 Å². The Balaban J connectivity index is 2.12. The number of carbonyl (C=O) groups is 2. The fourth-order valence-electron chi connectivity index (χ4n) is 3.64. The zero-order chi connectivity index (χ0) is 17.7. The number of benzene rings is 1. The number of ketones is 1. The molecule has 2 rings (SSSR count). The van der Waals surface area contributed by atoms with E-state index in [1.807, 2.05) is 39.2 Å². The van der Waals surface area contributed by atoms with Crippen LogP contribution in [0.5, 0.6) is 0 Å². The third-order valence-corrected chi connectivity index (χ3v) is 4.63. The molecule has 0 N–H and O–H groups in total. The van der Waals surface area contributed by atoms with Gasteiger partial charge in [0.15, 0.2) is 0 Å². The van der Waals surface area contributed by atoms with E-state index < -0.39 is 0 Å². The number of carbonyl (C=O) groups excluding carboxylic acids is 2. The lowest BCUT2D eigenvalue weighted by Crippen LogP contribution is -2.53. The molecule has 132 valence electrons. The highest BCUT2D eigenvalue weighted by Crippen LogP contribution is 2.30. The number of hydrogen-bond acceptors (Lipinski definition) is 5. The fraction of sp³-hybridized carbons (Fsp3) is 0.579. The number of hydrogen-bond donors (Lipinski definition) is 0. The second-order valence-electron chi connectivity index (χ2n) is 6.84. The molecule has 1 heterocycles. The Morgan fingerprint density at radius 3 is 2.58 bits per heavy atom. The van der Waals surface area contributed by atoms with Crippen LogP contribution >= 0.6 is 0 Å². The molecule has 5 heteroatoms. The van der Waals surface area contributed by atoms with Crippen molar-refractivity contribution in [3.05, 3.63) is 35.9 Å². The summed E-state index contributed by atoms with van der Waals surface area (Å²) < 4.78 is 0. The van der Waals surface area contributed by atoms with Gasteiger partial charge in [-0.25, -0.2) is 4.79 Å². The first-order valence-electron chi connectivity index (χ1n) is 8.65. The van der Waals surface area contributed by atoms with Gasteiger partial charge in [0.2, 0.25) is 0 Å². The predicted octanol–water partition coefficient (Wildman–Crippen LogP) is 2.63. The maximum atomic E-state index is 12.5. The summed E-state index contributed by atoms with van der Waals surface area (Å²) in [5, 5.41) is 1.73. The van der Waals surface area contributed by atoms with Crippen molar-refractivity contribution >= 4 is 11.8 Å². The lowest BCUT2D eigenvalue weighted by Gasteiger charge is -2.41. The summed E-state index contributed by atoms with van der Waals surface area (Å²) in [6.45, 7) is 5.46.